The molecule has 0 saturated carbocycles. The quantitative estimate of drug-likeness (QED) is 0.655. The Labute approximate surface area is 127 Å². The van der Waals surface area contributed by atoms with Gasteiger partial charge in [-0.3, -0.25) is 0 Å². The third kappa shape index (κ3) is 3.11. The summed E-state index contributed by atoms with van der Waals surface area (Å²) in [5.74, 6) is -0.219. The molecule has 0 amide bonds. The fraction of sp³-hybridized carbons (Fsp3) is 0.133. The molecule has 0 saturated heterocycles. The number of aryl methyl sites for hydroxylation is 1. The van der Waals surface area contributed by atoms with E-state index in [4.69, 9.17) is 18.0 Å². The molecule has 2 nitrogen and oxygen atoms in total. The molecule has 2 aromatic carbocycles. The van der Waals surface area contributed by atoms with E-state index in [0.29, 0.717) is 10.6 Å². The Kier molecular flexibility index (Phi) is 4.62. The number of thioether (sulfide) groups is 1. The van der Waals surface area contributed by atoms with Gasteiger partial charge in [-0.15, -0.1) is 11.8 Å². The summed E-state index contributed by atoms with van der Waals surface area (Å²) in [5, 5.41) is 3.25. The van der Waals surface area contributed by atoms with Crippen molar-refractivity contribution >= 4 is 40.3 Å². The van der Waals surface area contributed by atoms with Gasteiger partial charge in [0.05, 0.1) is 0 Å². The van der Waals surface area contributed by atoms with E-state index < -0.39 is 0 Å². The van der Waals surface area contributed by atoms with E-state index in [1.165, 1.54) is 6.07 Å². The SMILES string of the molecule is CSc1cccc(Nc2ccc(F)c(C)c2)c1C(N)=S. The Bertz CT molecular complexity index is 656. The van der Waals surface area contributed by atoms with Crippen molar-refractivity contribution in [2.45, 2.75) is 11.8 Å². The normalized spacial score (nSPS) is 10.3. The minimum Gasteiger partial charge on any atom is -0.389 e. The van der Waals surface area contributed by atoms with Crippen molar-refractivity contribution in [2.75, 3.05) is 11.6 Å². The molecule has 104 valence electrons. The number of rotatable bonds is 4. The highest BCUT2D eigenvalue weighted by molar-refractivity contribution is 7.98. The van der Waals surface area contributed by atoms with Crippen molar-refractivity contribution in [1.29, 1.82) is 0 Å². The van der Waals surface area contributed by atoms with Gasteiger partial charge in [0.25, 0.3) is 0 Å². The van der Waals surface area contributed by atoms with Crippen LogP contribution in [0.1, 0.15) is 11.1 Å². The smallest absolute Gasteiger partial charge is 0.126 e. The van der Waals surface area contributed by atoms with Gasteiger partial charge in [0.1, 0.15) is 10.8 Å². The average Bonchev–Trinajstić information content (AvgIpc) is 2.42. The summed E-state index contributed by atoms with van der Waals surface area (Å²) >= 11 is 6.72. The lowest BCUT2D eigenvalue weighted by Crippen LogP contribution is -2.13. The summed E-state index contributed by atoms with van der Waals surface area (Å²) in [6.45, 7) is 1.73. The van der Waals surface area contributed by atoms with E-state index >= 15 is 0 Å². The fourth-order valence-corrected chi connectivity index (χ4v) is 2.86. The number of benzene rings is 2. The van der Waals surface area contributed by atoms with Crippen LogP contribution >= 0.6 is 24.0 Å². The summed E-state index contributed by atoms with van der Waals surface area (Å²) in [5.41, 5.74) is 8.86. The molecule has 0 aliphatic rings. The summed E-state index contributed by atoms with van der Waals surface area (Å²) in [6, 6.07) is 10.7. The second kappa shape index (κ2) is 6.24. The highest BCUT2D eigenvalue weighted by Crippen LogP contribution is 2.29. The summed E-state index contributed by atoms with van der Waals surface area (Å²) in [7, 11) is 0. The van der Waals surface area contributed by atoms with Crippen LogP contribution in [0.5, 0.6) is 0 Å². The predicted octanol–water partition coefficient (Wildman–Crippen LogP) is 4.23. The maximum absolute atomic E-state index is 13.3. The van der Waals surface area contributed by atoms with E-state index in [1.54, 1.807) is 30.8 Å². The summed E-state index contributed by atoms with van der Waals surface area (Å²) in [6.07, 6.45) is 1.98. The van der Waals surface area contributed by atoms with Crippen LogP contribution in [0.2, 0.25) is 0 Å². The molecule has 0 radical (unpaired) electrons. The maximum Gasteiger partial charge on any atom is 0.126 e. The Balaban J connectivity index is 2.42. The Morgan fingerprint density at radius 1 is 1.30 bits per heavy atom. The maximum atomic E-state index is 13.3. The Morgan fingerprint density at radius 2 is 2.05 bits per heavy atom. The largest absolute Gasteiger partial charge is 0.389 e. The molecule has 20 heavy (non-hydrogen) atoms. The van der Waals surface area contributed by atoms with Crippen LogP contribution in [-0.4, -0.2) is 11.2 Å². The van der Waals surface area contributed by atoms with E-state index in [1.807, 2.05) is 24.5 Å². The number of hydrogen-bond acceptors (Lipinski definition) is 3. The number of nitrogens with two attached hydrogens (primary N) is 1. The molecule has 0 bridgehead atoms. The van der Waals surface area contributed by atoms with Gasteiger partial charge in [0.2, 0.25) is 0 Å². The molecule has 0 spiro atoms. The van der Waals surface area contributed by atoms with Crippen LogP contribution in [-0.2, 0) is 0 Å². The lowest BCUT2D eigenvalue weighted by Gasteiger charge is -2.14. The monoisotopic (exact) mass is 306 g/mol. The van der Waals surface area contributed by atoms with Gasteiger partial charge in [-0.2, -0.15) is 0 Å². The van der Waals surface area contributed by atoms with Gasteiger partial charge in [-0.25, -0.2) is 4.39 Å². The first-order chi connectivity index (χ1) is 9.52. The third-order valence-corrected chi connectivity index (χ3v) is 3.91. The van der Waals surface area contributed by atoms with Gasteiger partial charge < -0.3 is 11.1 Å². The molecule has 0 aromatic heterocycles. The van der Waals surface area contributed by atoms with Gasteiger partial charge in [0.15, 0.2) is 0 Å². The highest BCUT2D eigenvalue weighted by Gasteiger charge is 2.11. The zero-order valence-corrected chi connectivity index (χ0v) is 12.9. The number of halogens is 1. The summed E-state index contributed by atoms with van der Waals surface area (Å²) < 4.78 is 13.3. The van der Waals surface area contributed by atoms with Gasteiger partial charge >= 0.3 is 0 Å². The molecule has 0 fully saturated rings. The zero-order chi connectivity index (χ0) is 14.7. The lowest BCUT2D eigenvalue weighted by atomic mass is 10.1. The van der Waals surface area contributed by atoms with Crippen molar-refractivity contribution in [3.63, 3.8) is 0 Å². The molecule has 0 aliphatic carbocycles. The predicted molar refractivity (Wildman–Crippen MR) is 88.5 cm³/mol. The first kappa shape index (κ1) is 14.8. The number of anilines is 2. The van der Waals surface area contributed by atoms with Crippen molar-refractivity contribution in [3.8, 4) is 0 Å². The molecular weight excluding hydrogens is 291 g/mol. The molecule has 5 heteroatoms. The van der Waals surface area contributed by atoms with E-state index in [9.17, 15) is 4.39 Å². The third-order valence-electron chi connectivity index (χ3n) is 2.93. The van der Waals surface area contributed by atoms with Crippen LogP contribution in [0.4, 0.5) is 15.8 Å². The second-order valence-corrected chi connectivity index (χ2v) is 5.62. The van der Waals surface area contributed by atoms with E-state index in [-0.39, 0.29) is 5.82 Å². The van der Waals surface area contributed by atoms with Gasteiger partial charge in [-0.1, -0.05) is 18.3 Å². The minimum absolute atomic E-state index is 0.219. The lowest BCUT2D eigenvalue weighted by molar-refractivity contribution is 0.619. The number of hydrogen-bond donors (Lipinski definition) is 2. The van der Waals surface area contributed by atoms with Gasteiger partial charge in [-0.05, 0) is 49.1 Å². The number of thiocarbonyl (C=S) groups is 1. The van der Waals surface area contributed by atoms with Crippen molar-refractivity contribution < 1.29 is 4.39 Å². The average molecular weight is 306 g/mol. The summed E-state index contributed by atoms with van der Waals surface area (Å²) in [4.78, 5) is 1.36. The van der Waals surface area contributed by atoms with E-state index in [0.717, 1.165) is 21.8 Å². The minimum atomic E-state index is -0.219. The number of nitrogens with one attached hydrogen (secondary N) is 1. The van der Waals surface area contributed by atoms with Crippen LogP contribution in [0, 0.1) is 12.7 Å². The van der Waals surface area contributed by atoms with Crippen molar-refractivity contribution in [3.05, 3.63) is 53.3 Å². The molecule has 0 heterocycles. The molecular formula is C15H15FN2S2. The van der Waals surface area contributed by atoms with Gasteiger partial charge in [0, 0.05) is 21.8 Å². The molecule has 2 aromatic rings. The molecule has 0 atom stereocenters. The van der Waals surface area contributed by atoms with Crippen molar-refractivity contribution in [1.82, 2.24) is 0 Å². The molecule has 0 aliphatic heterocycles. The van der Waals surface area contributed by atoms with Crippen LogP contribution in [0.3, 0.4) is 0 Å². The zero-order valence-electron chi connectivity index (χ0n) is 11.2. The Morgan fingerprint density at radius 3 is 2.65 bits per heavy atom. The van der Waals surface area contributed by atoms with Crippen LogP contribution < -0.4 is 11.1 Å². The topological polar surface area (TPSA) is 38.0 Å². The molecule has 0 unspecified atom stereocenters. The highest BCUT2D eigenvalue weighted by atomic mass is 32.2. The first-order valence-electron chi connectivity index (χ1n) is 6.03. The standard InChI is InChI=1S/C15H15FN2S2/c1-9-8-10(6-7-11(9)16)18-12-4-3-5-13(20-2)14(12)15(17)19/h3-8,18H,1-2H3,(H2,17,19). The fourth-order valence-electron chi connectivity index (χ4n) is 1.94. The van der Waals surface area contributed by atoms with Crippen molar-refractivity contribution in [2.24, 2.45) is 5.73 Å². The first-order valence-corrected chi connectivity index (χ1v) is 7.66. The molecule has 3 N–H and O–H groups in total. The molecule has 2 rings (SSSR count). The van der Waals surface area contributed by atoms with E-state index in [2.05, 4.69) is 5.32 Å². The van der Waals surface area contributed by atoms with Crippen LogP contribution in [0.15, 0.2) is 41.3 Å². The second-order valence-electron chi connectivity index (χ2n) is 4.34. The Hall–Kier alpha value is -1.59. The van der Waals surface area contributed by atoms with Crippen LogP contribution in [0.25, 0.3) is 0 Å².